The lowest BCUT2D eigenvalue weighted by Gasteiger charge is -2.16. The van der Waals surface area contributed by atoms with Crippen molar-refractivity contribution < 1.29 is 9.90 Å². The summed E-state index contributed by atoms with van der Waals surface area (Å²) in [7, 11) is 0. The van der Waals surface area contributed by atoms with E-state index in [1.165, 1.54) is 6.42 Å². The van der Waals surface area contributed by atoms with Crippen LogP contribution in [0.1, 0.15) is 25.7 Å². The second-order valence-electron chi connectivity index (χ2n) is 4.16. The molecule has 4 atom stereocenters. The lowest BCUT2D eigenvalue weighted by molar-refractivity contribution is -0.138. The number of rotatable bonds is 2. The van der Waals surface area contributed by atoms with Crippen LogP contribution in [0.3, 0.4) is 0 Å². The van der Waals surface area contributed by atoms with Gasteiger partial charge in [-0.3, -0.25) is 4.79 Å². The van der Waals surface area contributed by atoms with Crippen LogP contribution in [0.25, 0.3) is 0 Å². The fraction of sp³-hybridized carbons (Fsp3) is 0.889. The van der Waals surface area contributed by atoms with Gasteiger partial charge >= 0.3 is 5.97 Å². The first-order valence-corrected chi connectivity index (χ1v) is 4.66. The van der Waals surface area contributed by atoms with Crippen molar-refractivity contribution in [2.45, 2.75) is 31.7 Å². The highest BCUT2D eigenvalue weighted by molar-refractivity contribution is 5.67. The molecule has 0 unspecified atom stereocenters. The van der Waals surface area contributed by atoms with E-state index in [9.17, 15) is 4.79 Å². The Kier molecular flexibility index (Phi) is 1.83. The molecule has 0 aliphatic heterocycles. The van der Waals surface area contributed by atoms with Crippen molar-refractivity contribution in [3.05, 3.63) is 0 Å². The van der Waals surface area contributed by atoms with E-state index in [0.717, 1.165) is 12.8 Å². The van der Waals surface area contributed by atoms with Gasteiger partial charge in [-0.15, -0.1) is 0 Å². The molecule has 3 heteroatoms. The van der Waals surface area contributed by atoms with Gasteiger partial charge in [-0.25, -0.2) is 0 Å². The topological polar surface area (TPSA) is 63.3 Å². The van der Waals surface area contributed by atoms with E-state index in [4.69, 9.17) is 10.8 Å². The highest BCUT2D eigenvalue weighted by atomic mass is 16.4. The van der Waals surface area contributed by atoms with Crippen LogP contribution in [-0.4, -0.2) is 17.1 Å². The minimum atomic E-state index is -0.661. The Morgan fingerprint density at radius 1 is 1.50 bits per heavy atom. The first kappa shape index (κ1) is 8.05. The molecule has 68 valence electrons. The van der Waals surface area contributed by atoms with Gasteiger partial charge in [0.2, 0.25) is 0 Å². The van der Waals surface area contributed by atoms with Crippen LogP contribution in [0, 0.1) is 17.8 Å². The monoisotopic (exact) mass is 169 g/mol. The van der Waals surface area contributed by atoms with E-state index in [2.05, 4.69) is 0 Å². The zero-order valence-electron chi connectivity index (χ0n) is 7.07. The summed E-state index contributed by atoms with van der Waals surface area (Å²) in [6, 6.07) is 0.285. The van der Waals surface area contributed by atoms with Gasteiger partial charge in [0, 0.05) is 12.5 Å². The molecule has 2 saturated carbocycles. The maximum Gasteiger partial charge on any atom is 0.303 e. The van der Waals surface area contributed by atoms with Gasteiger partial charge in [-0.1, -0.05) is 0 Å². The number of hydrogen-bond donors (Lipinski definition) is 2. The van der Waals surface area contributed by atoms with Gasteiger partial charge in [0.1, 0.15) is 0 Å². The van der Waals surface area contributed by atoms with Gasteiger partial charge < -0.3 is 10.8 Å². The van der Waals surface area contributed by atoms with E-state index in [0.29, 0.717) is 24.2 Å². The SMILES string of the molecule is N[C@@H]1C[C@H]2CC[C@H]1[C@H]2CC(=O)O. The van der Waals surface area contributed by atoms with Gasteiger partial charge in [-0.05, 0) is 37.0 Å². The third-order valence-electron chi connectivity index (χ3n) is 3.56. The summed E-state index contributed by atoms with van der Waals surface area (Å²) in [6.45, 7) is 0. The Morgan fingerprint density at radius 3 is 2.67 bits per heavy atom. The van der Waals surface area contributed by atoms with Gasteiger partial charge in [0.25, 0.3) is 0 Å². The third kappa shape index (κ3) is 1.12. The molecule has 0 radical (unpaired) electrons. The van der Waals surface area contributed by atoms with Crippen LogP contribution < -0.4 is 5.73 Å². The Hall–Kier alpha value is -0.570. The lowest BCUT2D eigenvalue weighted by atomic mass is 9.93. The summed E-state index contributed by atoms with van der Waals surface area (Å²) in [4.78, 5) is 10.5. The fourth-order valence-corrected chi connectivity index (χ4v) is 3.05. The molecule has 0 amide bonds. The summed E-state index contributed by atoms with van der Waals surface area (Å²) in [5, 5.41) is 8.68. The quantitative estimate of drug-likeness (QED) is 0.643. The van der Waals surface area contributed by atoms with Crippen LogP contribution in [0.2, 0.25) is 0 Å². The molecule has 0 saturated heterocycles. The average molecular weight is 169 g/mol. The van der Waals surface area contributed by atoms with Crippen LogP contribution in [0.15, 0.2) is 0 Å². The number of aliphatic carboxylic acids is 1. The molecule has 2 fully saturated rings. The summed E-state index contributed by atoms with van der Waals surface area (Å²) < 4.78 is 0. The average Bonchev–Trinajstić information content (AvgIpc) is 2.44. The maximum atomic E-state index is 10.5. The Labute approximate surface area is 71.9 Å². The van der Waals surface area contributed by atoms with Crippen molar-refractivity contribution in [2.24, 2.45) is 23.5 Å². The largest absolute Gasteiger partial charge is 0.481 e. The minimum Gasteiger partial charge on any atom is -0.481 e. The number of fused-ring (bicyclic) bond motifs is 2. The van der Waals surface area contributed by atoms with Crippen LogP contribution in [0.4, 0.5) is 0 Å². The highest BCUT2D eigenvalue weighted by Gasteiger charge is 2.46. The molecular formula is C9H15NO2. The third-order valence-corrected chi connectivity index (χ3v) is 3.56. The molecule has 2 aliphatic rings. The van der Waals surface area contributed by atoms with Crippen molar-refractivity contribution in [2.75, 3.05) is 0 Å². The number of hydrogen-bond acceptors (Lipinski definition) is 2. The molecule has 0 heterocycles. The molecule has 0 aromatic rings. The van der Waals surface area contributed by atoms with E-state index < -0.39 is 5.97 Å². The van der Waals surface area contributed by atoms with Gasteiger partial charge in [0.05, 0.1) is 0 Å². The van der Waals surface area contributed by atoms with Crippen LogP contribution >= 0.6 is 0 Å². The van der Waals surface area contributed by atoms with Crippen molar-refractivity contribution >= 4 is 5.97 Å². The smallest absolute Gasteiger partial charge is 0.303 e. The lowest BCUT2D eigenvalue weighted by Crippen LogP contribution is -2.27. The van der Waals surface area contributed by atoms with E-state index in [1.54, 1.807) is 0 Å². The predicted octanol–water partition coefficient (Wildman–Crippen LogP) is 0.834. The first-order valence-electron chi connectivity index (χ1n) is 4.66. The maximum absolute atomic E-state index is 10.5. The van der Waals surface area contributed by atoms with E-state index in [1.807, 2.05) is 0 Å². The number of carboxylic acid groups (broad SMARTS) is 1. The normalized spacial score (nSPS) is 45.1. The molecule has 2 aliphatic carbocycles. The Bertz CT molecular complexity index is 205. The molecular weight excluding hydrogens is 154 g/mol. The van der Waals surface area contributed by atoms with E-state index >= 15 is 0 Å². The zero-order chi connectivity index (χ0) is 8.72. The zero-order valence-corrected chi connectivity index (χ0v) is 7.07. The molecule has 0 aromatic heterocycles. The molecule has 2 bridgehead atoms. The highest BCUT2D eigenvalue weighted by Crippen LogP contribution is 2.49. The van der Waals surface area contributed by atoms with Crippen LogP contribution in [-0.2, 0) is 4.79 Å². The molecule has 12 heavy (non-hydrogen) atoms. The molecule has 0 aromatic carbocycles. The van der Waals surface area contributed by atoms with Crippen molar-refractivity contribution in [1.82, 2.24) is 0 Å². The summed E-state index contributed by atoms with van der Waals surface area (Å²) >= 11 is 0. The minimum absolute atomic E-state index is 0.285. The number of carboxylic acids is 1. The fourth-order valence-electron chi connectivity index (χ4n) is 3.05. The molecule has 2 rings (SSSR count). The first-order chi connectivity index (χ1) is 5.68. The summed E-state index contributed by atoms with van der Waals surface area (Å²) in [5.41, 5.74) is 5.89. The molecule has 0 spiro atoms. The summed E-state index contributed by atoms with van der Waals surface area (Å²) in [5.74, 6) is 0.843. The second kappa shape index (κ2) is 2.73. The standard InChI is InChI=1S/C9H15NO2/c10-8-3-5-1-2-6(8)7(5)4-9(11)12/h5-8H,1-4,10H2,(H,11,12)/t5-,6+,7+,8-/m1/s1. The number of nitrogens with two attached hydrogens (primary N) is 1. The molecule has 3 nitrogen and oxygen atoms in total. The van der Waals surface area contributed by atoms with Gasteiger partial charge in [-0.2, -0.15) is 0 Å². The van der Waals surface area contributed by atoms with Crippen molar-refractivity contribution in [3.63, 3.8) is 0 Å². The molecule has 3 N–H and O–H groups in total. The van der Waals surface area contributed by atoms with Crippen molar-refractivity contribution in [1.29, 1.82) is 0 Å². The Morgan fingerprint density at radius 2 is 2.25 bits per heavy atom. The predicted molar refractivity (Wildman–Crippen MR) is 44.5 cm³/mol. The number of carbonyl (C=O) groups is 1. The second-order valence-corrected chi connectivity index (χ2v) is 4.16. The van der Waals surface area contributed by atoms with Crippen LogP contribution in [0.5, 0.6) is 0 Å². The Balaban J connectivity index is 2.03. The van der Waals surface area contributed by atoms with Gasteiger partial charge in [0.15, 0.2) is 0 Å². The van der Waals surface area contributed by atoms with Crippen molar-refractivity contribution in [3.8, 4) is 0 Å². The van der Waals surface area contributed by atoms with E-state index in [-0.39, 0.29) is 6.04 Å². The summed E-state index contributed by atoms with van der Waals surface area (Å²) in [6.07, 6.45) is 3.76.